The van der Waals surface area contributed by atoms with E-state index in [1.807, 2.05) is 0 Å². The molecule has 4 heteroatoms. The van der Waals surface area contributed by atoms with Crippen molar-refractivity contribution in [1.29, 1.82) is 0 Å². The van der Waals surface area contributed by atoms with Gasteiger partial charge in [0, 0.05) is 24.9 Å². The highest BCUT2D eigenvalue weighted by Crippen LogP contribution is 2.43. The fourth-order valence-corrected chi connectivity index (χ4v) is 4.69. The molecule has 4 nitrogen and oxygen atoms in total. The Kier molecular flexibility index (Phi) is 9.16. The van der Waals surface area contributed by atoms with Gasteiger partial charge in [-0.3, -0.25) is 0 Å². The lowest BCUT2D eigenvalue weighted by molar-refractivity contribution is -0.0671. The van der Waals surface area contributed by atoms with E-state index in [9.17, 15) is 5.11 Å². The highest BCUT2D eigenvalue weighted by Gasteiger charge is 2.46. The Morgan fingerprint density at radius 2 is 1.39 bits per heavy atom. The second kappa shape index (κ2) is 11.1. The SMILES string of the molecule is CN(C)CC(C1=CC=CC1)C(O)(CCCCCN)C(CN(C)C)C1=CC=CC1. The molecule has 0 heterocycles. The fourth-order valence-electron chi connectivity index (χ4n) is 4.69. The highest BCUT2D eigenvalue weighted by atomic mass is 16.3. The predicted octanol–water partition coefficient (Wildman–Crippen LogP) is 3.36. The van der Waals surface area contributed by atoms with Crippen molar-refractivity contribution in [2.75, 3.05) is 47.8 Å². The van der Waals surface area contributed by atoms with Crippen LogP contribution in [-0.2, 0) is 0 Å². The van der Waals surface area contributed by atoms with Crippen LogP contribution in [0.15, 0.2) is 47.6 Å². The molecule has 2 rings (SSSR count). The van der Waals surface area contributed by atoms with Crippen LogP contribution in [0.3, 0.4) is 0 Å². The van der Waals surface area contributed by atoms with Gasteiger partial charge in [0.15, 0.2) is 0 Å². The first-order chi connectivity index (χ1) is 13.4. The molecule has 0 saturated heterocycles. The molecule has 0 bridgehead atoms. The lowest BCUT2D eigenvalue weighted by Gasteiger charge is -2.46. The average Bonchev–Trinajstić information content (AvgIpc) is 3.34. The van der Waals surface area contributed by atoms with Crippen LogP contribution in [0.25, 0.3) is 0 Å². The Bertz CT molecular complexity index is 557. The molecular formula is C24H41N3O. The van der Waals surface area contributed by atoms with Gasteiger partial charge in [0.1, 0.15) is 0 Å². The zero-order valence-corrected chi connectivity index (χ0v) is 18.4. The summed E-state index contributed by atoms with van der Waals surface area (Å²) < 4.78 is 0. The second-order valence-electron chi connectivity index (χ2n) is 8.97. The highest BCUT2D eigenvalue weighted by molar-refractivity contribution is 5.33. The summed E-state index contributed by atoms with van der Waals surface area (Å²) in [4.78, 5) is 4.45. The van der Waals surface area contributed by atoms with Gasteiger partial charge in [0.25, 0.3) is 0 Å². The third-order valence-corrected chi connectivity index (χ3v) is 6.08. The Morgan fingerprint density at radius 3 is 1.75 bits per heavy atom. The first-order valence-electron chi connectivity index (χ1n) is 10.8. The standard InChI is InChI=1S/C24H41N3O/c1-26(2)18-22(20-12-6-7-13-20)24(28,16-10-5-11-17-25)23(19-27(3)4)21-14-8-9-15-21/h6-9,12,14,22-23,28H,5,10-11,13,15-19,25H2,1-4H3. The molecule has 0 aromatic rings. The number of hydrogen-bond donors (Lipinski definition) is 2. The maximum absolute atomic E-state index is 12.4. The Balaban J connectivity index is 2.38. The molecule has 0 radical (unpaired) electrons. The Morgan fingerprint density at radius 1 is 0.893 bits per heavy atom. The lowest BCUT2D eigenvalue weighted by atomic mass is 9.67. The molecule has 0 spiro atoms. The van der Waals surface area contributed by atoms with Crippen molar-refractivity contribution in [3.63, 3.8) is 0 Å². The summed E-state index contributed by atoms with van der Waals surface area (Å²) in [5, 5.41) is 12.4. The quantitative estimate of drug-likeness (QED) is 0.476. The molecule has 0 aromatic heterocycles. The third kappa shape index (κ3) is 6.15. The van der Waals surface area contributed by atoms with E-state index in [2.05, 4.69) is 74.4 Å². The van der Waals surface area contributed by atoms with Gasteiger partial charge >= 0.3 is 0 Å². The minimum absolute atomic E-state index is 0.127. The minimum Gasteiger partial charge on any atom is -0.389 e. The maximum Gasteiger partial charge on any atom is 0.0802 e. The molecule has 158 valence electrons. The molecule has 3 N–H and O–H groups in total. The topological polar surface area (TPSA) is 52.7 Å². The Hall–Kier alpha value is -1.20. The molecule has 2 unspecified atom stereocenters. The fraction of sp³-hybridized carbons (Fsp3) is 0.667. The number of allylic oxidation sites excluding steroid dienone is 6. The molecule has 0 fully saturated rings. The number of nitrogens with zero attached hydrogens (tertiary/aromatic N) is 2. The monoisotopic (exact) mass is 387 g/mol. The van der Waals surface area contributed by atoms with E-state index in [0.717, 1.165) is 58.2 Å². The molecule has 0 aliphatic heterocycles. The normalized spacial score (nSPS) is 20.6. The van der Waals surface area contributed by atoms with E-state index in [1.165, 1.54) is 11.1 Å². The van der Waals surface area contributed by atoms with E-state index < -0.39 is 5.60 Å². The van der Waals surface area contributed by atoms with Crippen LogP contribution in [0.2, 0.25) is 0 Å². The summed E-state index contributed by atoms with van der Waals surface area (Å²) in [6, 6.07) is 0. The van der Waals surface area contributed by atoms with Gasteiger partial charge in [-0.25, -0.2) is 0 Å². The zero-order chi connectivity index (χ0) is 20.6. The van der Waals surface area contributed by atoms with Gasteiger partial charge in [-0.2, -0.15) is 0 Å². The summed E-state index contributed by atoms with van der Waals surface area (Å²) >= 11 is 0. The van der Waals surface area contributed by atoms with E-state index in [0.29, 0.717) is 0 Å². The van der Waals surface area contributed by atoms with E-state index in [1.54, 1.807) is 0 Å². The molecule has 28 heavy (non-hydrogen) atoms. The summed E-state index contributed by atoms with van der Waals surface area (Å²) in [6.45, 7) is 2.46. The Labute approximate surface area is 172 Å². The molecule has 0 saturated carbocycles. The zero-order valence-electron chi connectivity index (χ0n) is 18.4. The summed E-state index contributed by atoms with van der Waals surface area (Å²) in [6.07, 6.45) is 19.0. The number of nitrogens with two attached hydrogens (primary N) is 1. The predicted molar refractivity (Wildman–Crippen MR) is 120 cm³/mol. The smallest absolute Gasteiger partial charge is 0.0802 e. The number of rotatable bonds is 13. The lowest BCUT2D eigenvalue weighted by Crippen LogP contribution is -2.52. The molecule has 2 atom stereocenters. The number of hydrogen-bond acceptors (Lipinski definition) is 4. The second-order valence-corrected chi connectivity index (χ2v) is 8.97. The van der Waals surface area contributed by atoms with Gasteiger partial charge in [-0.15, -0.1) is 0 Å². The number of unbranched alkanes of at least 4 members (excludes halogenated alkanes) is 2. The molecule has 2 aliphatic rings. The van der Waals surface area contributed by atoms with Crippen molar-refractivity contribution < 1.29 is 5.11 Å². The van der Waals surface area contributed by atoms with E-state index >= 15 is 0 Å². The number of aliphatic hydroxyl groups is 1. The molecule has 0 aromatic carbocycles. The molecule has 2 aliphatic carbocycles. The van der Waals surface area contributed by atoms with Gasteiger partial charge in [-0.05, 0) is 60.4 Å². The van der Waals surface area contributed by atoms with Crippen LogP contribution in [0.5, 0.6) is 0 Å². The largest absolute Gasteiger partial charge is 0.389 e. The first-order valence-corrected chi connectivity index (χ1v) is 10.8. The van der Waals surface area contributed by atoms with Crippen molar-refractivity contribution in [3.05, 3.63) is 47.6 Å². The van der Waals surface area contributed by atoms with Gasteiger partial charge < -0.3 is 20.6 Å². The summed E-state index contributed by atoms with van der Waals surface area (Å²) in [7, 11) is 8.45. The summed E-state index contributed by atoms with van der Waals surface area (Å²) in [5.41, 5.74) is 7.69. The van der Waals surface area contributed by atoms with Crippen LogP contribution in [0.1, 0.15) is 38.5 Å². The van der Waals surface area contributed by atoms with Crippen molar-refractivity contribution in [2.45, 2.75) is 44.1 Å². The van der Waals surface area contributed by atoms with E-state index in [4.69, 9.17) is 5.73 Å². The van der Waals surface area contributed by atoms with Crippen LogP contribution in [-0.4, -0.2) is 68.3 Å². The van der Waals surface area contributed by atoms with Gasteiger partial charge in [0.2, 0.25) is 0 Å². The van der Waals surface area contributed by atoms with Crippen molar-refractivity contribution in [3.8, 4) is 0 Å². The third-order valence-electron chi connectivity index (χ3n) is 6.08. The van der Waals surface area contributed by atoms with Crippen LogP contribution in [0, 0.1) is 11.8 Å². The van der Waals surface area contributed by atoms with E-state index in [-0.39, 0.29) is 11.8 Å². The molecular weight excluding hydrogens is 346 g/mol. The van der Waals surface area contributed by atoms with Crippen molar-refractivity contribution >= 4 is 0 Å². The van der Waals surface area contributed by atoms with Gasteiger partial charge in [0.05, 0.1) is 5.60 Å². The van der Waals surface area contributed by atoms with Crippen LogP contribution < -0.4 is 5.73 Å². The van der Waals surface area contributed by atoms with Gasteiger partial charge in [-0.1, -0.05) is 60.4 Å². The summed E-state index contributed by atoms with van der Waals surface area (Å²) in [5.74, 6) is 0.253. The average molecular weight is 388 g/mol. The first kappa shape index (κ1) is 23.1. The van der Waals surface area contributed by atoms with Crippen LogP contribution in [0.4, 0.5) is 0 Å². The van der Waals surface area contributed by atoms with Crippen molar-refractivity contribution in [1.82, 2.24) is 9.80 Å². The maximum atomic E-state index is 12.4. The molecule has 0 amide bonds. The van der Waals surface area contributed by atoms with Crippen molar-refractivity contribution in [2.24, 2.45) is 17.6 Å². The minimum atomic E-state index is -0.765. The van der Waals surface area contributed by atoms with Crippen LogP contribution >= 0.6 is 0 Å².